The van der Waals surface area contributed by atoms with E-state index in [2.05, 4.69) is 45.4 Å². The van der Waals surface area contributed by atoms with Gasteiger partial charge in [-0.3, -0.25) is 14.6 Å². The standard InChI is InChI=1S/C24H37N3O/c28-24(25-22-11-5-2-6-12-22)21-10-7-15-27(19-21)23-13-16-26(17-14-23)18-20-8-3-1-4-9-20/h1,3-4,8-9,21-23H,2,5-7,10-19H2,(H,25,28). The van der Waals surface area contributed by atoms with Crippen LogP contribution in [0.15, 0.2) is 30.3 Å². The molecule has 0 spiro atoms. The van der Waals surface area contributed by atoms with Crippen molar-refractivity contribution < 1.29 is 4.79 Å². The first-order valence-corrected chi connectivity index (χ1v) is 11.6. The van der Waals surface area contributed by atoms with Crippen molar-refractivity contribution in [3.63, 3.8) is 0 Å². The molecule has 1 aromatic carbocycles. The van der Waals surface area contributed by atoms with Gasteiger partial charge in [-0.25, -0.2) is 0 Å². The lowest BCUT2D eigenvalue weighted by Gasteiger charge is -2.42. The van der Waals surface area contributed by atoms with Crippen molar-refractivity contribution in [1.29, 1.82) is 0 Å². The molecule has 1 atom stereocenters. The Kier molecular flexibility index (Phi) is 7.03. The molecule has 4 heteroatoms. The Hall–Kier alpha value is -1.39. The van der Waals surface area contributed by atoms with Crippen LogP contribution in [0.5, 0.6) is 0 Å². The quantitative estimate of drug-likeness (QED) is 0.840. The smallest absolute Gasteiger partial charge is 0.224 e. The highest BCUT2D eigenvalue weighted by molar-refractivity contribution is 5.79. The van der Waals surface area contributed by atoms with Gasteiger partial charge < -0.3 is 5.32 Å². The van der Waals surface area contributed by atoms with Gasteiger partial charge in [0.05, 0.1) is 5.92 Å². The molecule has 2 aliphatic heterocycles. The number of nitrogens with one attached hydrogen (secondary N) is 1. The van der Waals surface area contributed by atoms with Crippen LogP contribution in [0.3, 0.4) is 0 Å². The van der Waals surface area contributed by atoms with Gasteiger partial charge in [0, 0.05) is 25.2 Å². The van der Waals surface area contributed by atoms with Crippen LogP contribution >= 0.6 is 0 Å². The van der Waals surface area contributed by atoms with E-state index in [1.54, 1.807) is 0 Å². The first kappa shape index (κ1) is 19.9. The molecule has 1 saturated carbocycles. The first-order valence-electron chi connectivity index (χ1n) is 11.6. The average molecular weight is 384 g/mol. The summed E-state index contributed by atoms with van der Waals surface area (Å²) in [6.07, 6.45) is 11.0. The van der Waals surface area contributed by atoms with Gasteiger partial charge in [0.2, 0.25) is 5.91 Å². The van der Waals surface area contributed by atoms with Gasteiger partial charge in [-0.1, -0.05) is 49.6 Å². The molecule has 4 nitrogen and oxygen atoms in total. The maximum Gasteiger partial charge on any atom is 0.224 e. The first-order chi connectivity index (χ1) is 13.8. The minimum absolute atomic E-state index is 0.207. The minimum Gasteiger partial charge on any atom is -0.353 e. The van der Waals surface area contributed by atoms with Gasteiger partial charge >= 0.3 is 0 Å². The molecule has 0 bridgehead atoms. The summed E-state index contributed by atoms with van der Waals surface area (Å²) in [5.74, 6) is 0.538. The Morgan fingerprint density at radius 1 is 0.893 bits per heavy atom. The Balaban J connectivity index is 1.23. The largest absolute Gasteiger partial charge is 0.353 e. The molecule has 28 heavy (non-hydrogen) atoms. The minimum atomic E-state index is 0.207. The van der Waals surface area contributed by atoms with Gasteiger partial charge in [-0.15, -0.1) is 0 Å². The number of likely N-dealkylation sites (tertiary alicyclic amines) is 2. The number of rotatable bonds is 5. The lowest BCUT2D eigenvalue weighted by molar-refractivity contribution is -0.128. The van der Waals surface area contributed by atoms with Gasteiger partial charge in [0.25, 0.3) is 0 Å². The van der Waals surface area contributed by atoms with Crippen molar-refractivity contribution in [3.8, 4) is 0 Å². The van der Waals surface area contributed by atoms with Gasteiger partial charge in [0.15, 0.2) is 0 Å². The van der Waals surface area contributed by atoms with E-state index in [-0.39, 0.29) is 5.92 Å². The molecule has 2 heterocycles. The Bertz CT molecular complexity index is 606. The molecule has 1 unspecified atom stereocenters. The summed E-state index contributed by atoms with van der Waals surface area (Å²) < 4.78 is 0. The predicted molar refractivity (Wildman–Crippen MR) is 114 cm³/mol. The number of carbonyl (C=O) groups excluding carboxylic acids is 1. The van der Waals surface area contributed by atoms with Crippen LogP contribution in [0.1, 0.15) is 63.4 Å². The zero-order chi connectivity index (χ0) is 19.2. The molecule has 1 aliphatic carbocycles. The Morgan fingerprint density at radius 3 is 2.39 bits per heavy atom. The molecule has 1 N–H and O–H groups in total. The highest BCUT2D eigenvalue weighted by atomic mass is 16.2. The maximum absolute atomic E-state index is 12.8. The topological polar surface area (TPSA) is 35.6 Å². The van der Waals surface area contributed by atoms with E-state index < -0.39 is 0 Å². The Morgan fingerprint density at radius 2 is 1.64 bits per heavy atom. The third-order valence-electron chi connectivity index (χ3n) is 7.10. The predicted octanol–water partition coefficient (Wildman–Crippen LogP) is 3.81. The number of benzene rings is 1. The van der Waals surface area contributed by atoms with E-state index in [1.807, 2.05) is 0 Å². The molecule has 154 valence electrons. The summed E-state index contributed by atoms with van der Waals surface area (Å²) in [6.45, 7) is 5.57. The van der Waals surface area contributed by atoms with Crippen molar-refractivity contribution in [2.45, 2.75) is 76.4 Å². The summed E-state index contributed by atoms with van der Waals surface area (Å²) in [6, 6.07) is 11.9. The normalized spacial score (nSPS) is 26.2. The summed E-state index contributed by atoms with van der Waals surface area (Å²) >= 11 is 0. The highest BCUT2D eigenvalue weighted by Gasteiger charge is 2.32. The second kappa shape index (κ2) is 9.89. The van der Waals surface area contributed by atoms with Crippen molar-refractivity contribution >= 4 is 5.91 Å². The van der Waals surface area contributed by atoms with Crippen molar-refractivity contribution in [2.75, 3.05) is 26.2 Å². The summed E-state index contributed by atoms with van der Waals surface area (Å²) in [5.41, 5.74) is 1.42. The van der Waals surface area contributed by atoms with Crippen LogP contribution in [0.25, 0.3) is 0 Å². The van der Waals surface area contributed by atoms with Crippen LogP contribution in [0.2, 0.25) is 0 Å². The zero-order valence-electron chi connectivity index (χ0n) is 17.3. The average Bonchev–Trinajstić information content (AvgIpc) is 2.76. The van der Waals surface area contributed by atoms with Crippen molar-refractivity contribution in [1.82, 2.24) is 15.1 Å². The van der Waals surface area contributed by atoms with E-state index in [1.165, 1.54) is 76.6 Å². The monoisotopic (exact) mass is 383 g/mol. The number of amides is 1. The molecule has 1 aromatic rings. The summed E-state index contributed by atoms with van der Waals surface area (Å²) in [4.78, 5) is 18.0. The fraction of sp³-hybridized carbons (Fsp3) is 0.708. The highest BCUT2D eigenvalue weighted by Crippen LogP contribution is 2.25. The molecule has 2 saturated heterocycles. The van der Waals surface area contributed by atoms with Crippen LogP contribution in [0.4, 0.5) is 0 Å². The summed E-state index contributed by atoms with van der Waals surface area (Å²) in [5, 5.41) is 3.37. The third-order valence-corrected chi connectivity index (χ3v) is 7.10. The lowest BCUT2D eigenvalue weighted by Crippen LogP contribution is -2.51. The van der Waals surface area contributed by atoms with E-state index >= 15 is 0 Å². The number of carbonyl (C=O) groups is 1. The number of piperidine rings is 2. The SMILES string of the molecule is O=C(NC1CCCCC1)C1CCCN(C2CCN(Cc3ccccc3)CC2)C1. The molecule has 3 aliphatic rings. The molecular formula is C24H37N3O. The Labute approximate surface area is 170 Å². The molecule has 3 fully saturated rings. The summed E-state index contributed by atoms with van der Waals surface area (Å²) in [7, 11) is 0. The number of hydrogen-bond acceptors (Lipinski definition) is 3. The molecule has 0 radical (unpaired) electrons. The van der Waals surface area contributed by atoms with Crippen molar-refractivity contribution in [3.05, 3.63) is 35.9 Å². The van der Waals surface area contributed by atoms with E-state index in [0.717, 1.165) is 19.5 Å². The van der Waals surface area contributed by atoms with Crippen LogP contribution < -0.4 is 5.32 Å². The maximum atomic E-state index is 12.8. The van der Waals surface area contributed by atoms with Crippen molar-refractivity contribution in [2.24, 2.45) is 5.92 Å². The zero-order valence-corrected chi connectivity index (χ0v) is 17.3. The van der Waals surface area contributed by atoms with Crippen LogP contribution in [-0.2, 0) is 11.3 Å². The molecule has 1 amide bonds. The second-order valence-corrected chi connectivity index (χ2v) is 9.17. The fourth-order valence-corrected chi connectivity index (χ4v) is 5.40. The third kappa shape index (κ3) is 5.36. The lowest BCUT2D eigenvalue weighted by atomic mass is 9.91. The second-order valence-electron chi connectivity index (χ2n) is 9.17. The number of hydrogen-bond donors (Lipinski definition) is 1. The number of nitrogens with zero attached hydrogens (tertiary/aromatic N) is 2. The van der Waals surface area contributed by atoms with E-state index in [9.17, 15) is 4.79 Å². The van der Waals surface area contributed by atoms with Crippen LogP contribution in [0, 0.1) is 5.92 Å². The fourth-order valence-electron chi connectivity index (χ4n) is 5.40. The molecule has 4 rings (SSSR count). The molecule has 0 aromatic heterocycles. The van der Waals surface area contributed by atoms with Gasteiger partial charge in [-0.05, 0) is 63.7 Å². The van der Waals surface area contributed by atoms with Gasteiger partial charge in [0.1, 0.15) is 0 Å². The molecular weight excluding hydrogens is 346 g/mol. The van der Waals surface area contributed by atoms with E-state index in [4.69, 9.17) is 0 Å². The van der Waals surface area contributed by atoms with Crippen LogP contribution in [-0.4, -0.2) is 54.0 Å². The van der Waals surface area contributed by atoms with E-state index in [0.29, 0.717) is 18.0 Å². The van der Waals surface area contributed by atoms with Gasteiger partial charge in [-0.2, -0.15) is 0 Å².